The Morgan fingerprint density at radius 3 is 2.26 bits per heavy atom. The summed E-state index contributed by atoms with van der Waals surface area (Å²) in [6.07, 6.45) is 5.75. The second kappa shape index (κ2) is 9.54. The van der Waals surface area contributed by atoms with Crippen LogP contribution in [0.1, 0.15) is 28.8 Å². The Kier molecular flexibility index (Phi) is 7.66. The Bertz CT molecular complexity index is 752. The van der Waals surface area contributed by atoms with Crippen LogP contribution in [0.15, 0.2) is 42.7 Å². The zero-order valence-corrected chi connectivity index (χ0v) is 17.2. The van der Waals surface area contributed by atoms with Gasteiger partial charge in [0.05, 0.1) is 5.56 Å². The number of nitrogens with zero attached hydrogens (tertiary/aromatic N) is 2. The number of rotatable bonds is 2. The molecule has 2 fully saturated rings. The first-order chi connectivity index (χ1) is 12.2. The van der Waals surface area contributed by atoms with Crippen molar-refractivity contribution < 1.29 is 4.79 Å². The average Bonchev–Trinajstić information content (AvgIpc) is 3.00. The van der Waals surface area contributed by atoms with E-state index in [1.807, 2.05) is 17.2 Å². The van der Waals surface area contributed by atoms with Crippen molar-refractivity contribution in [2.75, 3.05) is 26.2 Å². The summed E-state index contributed by atoms with van der Waals surface area (Å²) >= 11 is 0. The van der Waals surface area contributed by atoms with Crippen LogP contribution in [0.4, 0.5) is 0 Å². The lowest BCUT2D eigenvalue weighted by atomic mass is 9.92. The van der Waals surface area contributed by atoms with E-state index in [0.29, 0.717) is 5.56 Å². The third-order valence-corrected chi connectivity index (χ3v) is 5.68. The van der Waals surface area contributed by atoms with Crippen LogP contribution < -0.4 is 5.32 Å². The van der Waals surface area contributed by atoms with E-state index < -0.39 is 0 Å². The molecule has 1 N–H and O–H groups in total. The molecule has 1 aromatic carbocycles. The molecule has 0 unspecified atom stereocenters. The molecule has 27 heavy (non-hydrogen) atoms. The number of halogens is 2. The number of aromatic nitrogens is 1. The third-order valence-electron chi connectivity index (χ3n) is 5.68. The zero-order chi connectivity index (χ0) is 17.2. The van der Waals surface area contributed by atoms with Crippen molar-refractivity contribution in [3.8, 4) is 11.1 Å². The lowest BCUT2D eigenvalue weighted by Gasteiger charge is -2.21. The molecule has 4 nitrogen and oxygen atoms in total. The maximum atomic E-state index is 13.0. The van der Waals surface area contributed by atoms with Crippen LogP contribution in [-0.4, -0.2) is 42.0 Å². The lowest BCUT2D eigenvalue weighted by Crippen LogP contribution is -2.32. The van der Waals surface area contributed by atoms with Gasteiger partial charge in [0.1, 0.15) is 0 Å². The number of carbonyl (C=O) groups is 1. The number of benzene rings is 1. The molecule has 2 atom stereocenters. The van der Waals surface area contributed by atoms with Crippen LogP contribution in [0, 0.1) is 18.8 Å². The first-order valence-corrected chi connectivity index (χ1v) is 9.23. The predicted molar refractivity (Wildman–Crippen MR) is 114 cm³/mol. The molecule has 2 aliphatic rings. The molecule has 0 bridgehead atoms. The fraction of sp³-hybridized carbons (Fsp3) is 0.429. The highest BCUT2D eigenvalue weighted by Gasteiger charge is 2.31. The van der Waals surface area contributed by atoms with Crippen molar-refractivity contribution in [3.05, 3.63) is 53.9 Å². The van der Waals surface area contributed by atoms with E-state index in [-0.39, 0.29) is 30.7 Å². The van der Waals surface area contributed by atoms with Crippen molar-refractivity contribution in [1.29, 1.82) is 0 Å². The highest BCUT2D eigenvalue weighted by Crippen LogP contribution is 2.28. The topological polar surface area (TPSA) is 45.2 Å². The van der Waals surface area contributed by atoms with Crippen LogP contribution >= 0.6 is 24.8 Å². The molecule has 0 radical (unpaired) electrons. The van der Waals surface area contributed by atoms with E-state index in [9.17, 15) is 4.79 Å². The molecule has 6 heteroatoms. The molecule has 3 heterocycles. The molecule has 0 spiro atoms. The van der Waals surface area contributed by atoms with Crippen molar-refractivity contribution in [2.45, 2.75) is 19.8 Å². The molecule has 0 aliphatic carbocycles. The number of hydrogen-bond acceptors (Lipinski definition) is 3. The molecule has 146 valence electrons. The van der Waals surface area contributed by atoms with E-state index in [1.54, 1.807) is 6.20 Å². The quantitative estimate of drug-likeness (QED) is 0.818. The Balaban J connectivity index is 0.00000131. The molecular formula is C21H27Cl2N3O. The summed E-state index contributed by atoms with van der Waals surface area (Å²) < 4.78 is 0. The predicted octanol–water partition coefficient (Wildman–Crippen LogP) is 3.97. The summed E-state index contributed by atoms with van der Waals surface area (Å²) in [5, 5.41) is 3.48. The molecular weight excluding hydrogens is 381 g/mol. The normalized spacial score (nSPS) is 21.4. The molecule has 2 aromatic rings. The number of hydrogen-bond donors (Lipinski definition) is 1. The summed E-state index contributed by atoms with van der Waals surface area (Å²) in [4.78, 5) is 19.3. The van der Waals surface area contributed by atoms with E-state index in [1.165, 1.54) is 5.56 Å². The van der Waals surface area contributed by atoms with Crippen LogP contribution in [0.3, 0.4) is 0 Å². The van der Waals surface area contributed by atoms with Crippen molar-refractivity contribution in [3.63, 3.8) is 0 Å². The van der Waals surface area contributed by atoms with Gasteiger partial charge in [-0.3, -0.25) is 9.78 Å². The third kappa shape index (κ3) is 4.81. The molecule has 2 aliphatic heterocycles. The number of amides is 1. The minimum atomic E-state index is 0. The first kappa shape index (κ1) is 21.7. The maximum absolute atomic E-state index is 13.0. The number of aryl methyl sites for hydroxylation is 1. The Labute approximate surface area is 173 Å². The summed E-state index contributed by atoms with van der Waals surface area (Å²) in [5.74, 6) is 1.58. The Hall–Kier alpha value is -1.62. The molecule has 2 saturated heterocycles. The number of pyridine rings is 1. The van der Waals surface area contributed by atoms with Crippen molar-refractivity contribution in [2.24, 2.45) is 11.8 Å². The van der Waals surface area contributed by atoms with Gasteiger partial charge in [-0.25, -0.2) is 0 Å². The molecule has 1 amide bonds. The van der Waals surface area contributed by atoms with Gasteiger partial charge in [0.25, 0.3) is 5.91 Å². The van der Waals surface area contributed by atoms with Gasteiger partial charge >= 0.3 is 0 Å². The minimum Gasteiger partial charge on any atom is -0.339 e. The van der Waals surface area contributed by atoms with Gasteiger partial charge in [0, 0.05) is 31.0 Å². The standard InChI is InChI=1S/C21H25N3O.2ClH/c1-15-2-4-16(5-3-15)19-10-20(14-23-13-19)21(25)24-8-6-17-11-22-12-18(17)7-9-24;;/h2-5,10,13-14,17-18,22H,6-9,11-12H2,1H3;2*1H/t17-,18+;;. The van der Waals surface area contributed by atoms with Gasteiger partial charge in [-0.2, -0.15) is 0 Å². The highest BCUT2D eigenvalue weighted by atomic mass is 35.5. The smallest absolute Gasteiger partial charge is 0.255 e. The van der Waals surface area contributed by atoms with Gasteiger partial charge in [-0.05, 0) is 56.3 Å². The SMILES string of the molecule is Cc1ccc(-c2cncc(C(=O)N3CC[C@@H]4CNC[C@@H]4CC3)c2)cc1.Cl.Cl. The second-order valence-electron chi connectivity index (χ2n) is 7.38. The van der Waals surface area contributed by atoms with Crippen LogP contribution in [0.2, 0.25) is 0 Å². The maximum Gasteiger partial charge on any atom is 0.255 e. The Morgan fingerprint density at radius 2 is 1.63 bits per heavy atom. The van der Waals surface area contributed by atoms with Gasteiger partial charge in [0.2, 0.25) is 0 Å². The first-order valence-electron chi connectivity index (χ1n) is 9.23. The molecule has 4 rings (SSSR count). The van der Waals surface area contributed by atoms with Gasteiger partial charge < -0.3 is 10.2 Å². The average molecular weight is 408 g/mol. The lowest BCUT2D eigenvalue weighted by molar-refractivity contribution is 0.0758. The molecule has 0 saturated carbocycles. The fourth-order valence-corrected chi connectivity index (χ4v) is 4.06. The van der Waals surface area contributed by atoms with E-state index in [0.717, 1.165) is 62.0 Å². The van der Waals surface area contributed by atoms with Gasteiger partial charge in [-0.15, -0.1) is 24.8 Å². The largest absolute Gasteiger partial charge is 0.339 e. The zero-order valence-electron chi connectivity index (χ0n) is 15.6. The van der Waals surface area contributed by atoms with E-state index in [4.69, 9.17) is 0 Å². The van der Waals surface area contributed by atoms with E-state index >= 15 is 0 Å². The monoisotopic (exact) mass is 407 g/mol. The van der Waals surface area contributed by atoms with Crippen LogP contribution in [0.25, 0.3) is 11.1 Å². The van der Waals surface area contributed by atoms with Crippen molar-refractivity contribution in [1.82, 2.24) is 15.2 Å². The highest BCUT2D eigenvalue weighted by molar-refractivity contribution is 5.95. The summed E-state index contributed by atoms with van der Waals surface area (Å²) in [6.45, 7) is 6.01. The number of carbonyl (C=O) groups excluding carboxylic acids is 1. The summed E-state index contributed by atoms with van der Waals surface area (Å²) in [7, 11) is 0. The molecule has 1 aromatic heterocycles. The Morgan fingerprint density at radius 1 is 1.00 bits per heavy atom. The summed E-state index contributed by atoms with van der Waals surface area (Å²) in [5.41, 5.74) is 4.03. The summed E-state index contributed by atoms with van der Waals surface area (Å²) in [6, 6.07) is 10.3. The number of nitrogens with one attached hydrogen (secondary N) is 1. The van der Waals surface area contributed by atoms with Crippen LogP contribution in [0.5, 0.6) is 0 Å². The van der Waals surface area contributed by atoms with Gasteiger partial charge in [-0.1, -0.05) is 29.8 Å². The fourth-order valence-electron chi connectivity index (χ4n) is 4.06. The van der Waals surface area contributed by atoms with E-state index in [2.05, 4.69) is 41.5 Å². The number of likely N-dealkylation sites (tertiary alicyclic amines) is 1. The minimum absolute atomic E-state index is 0. The van der Waals surface area contributed by atoms with Gasteiger partial charge in [0.15, 0.2) is 0 Å². The second-order valence-corrected chi connectivity index (χ2v) is 7.38. The van der Waals surface area contributed by atoms with Crippen LogP contribution in [-0.2, 0) is 0 Å². The number of fused-ring (bicyclic) bond motifs is 1. The van der Waals surface area contributed by atoms with Crippen molar-refractivity contribution >= 4 is 30.7 Å².